The van der Waals surface area contributed by atoms with E-state index in [1.54, 1.807) is 36.4 Å². The normalized spacial score (nSPS) is 23.8. The first-order valence-electron chi connectivity index (χ1n) is 12.4. The third kappa shape index (κ3) is 5.41. The number of aliphatic hydroxyl groups excluding tert-OH is 1. The molecule has 0 heterocycles. The summed E-state index contributed by atoms with van der Waals surface area (Å²) >= 11 is 0. The Hall–Kier alpha value is -2.53. The molecule has 182 valence electrons. The number of rotatable bonds is 7. The summed E-state index contributed by atoms with van der Waals surface area (Å²) in [6.07, 6.45) is 8.90. The Morgan fingerprint density at radius 1 is 0.971 bits per heavy atom. The lowest BCUT2D eigenvalue weighted by atomic mass is 9.77. The molecule has 34 heavy (non-hydrogen) atoms. The number of benzene rings is 2. The molecule has 4 rings (SSSR count). The largest absolute Gasteiger partial charge is 0.458 e. The van der Waals surface area contributed by atoms with Gasteiger partial charge >= 0.3 is 0 Å². The van der Waals surface area contributed by atoms with Crippen molar-refractivity contribution in [2.24, 2.45) is 11.8 Å². The van der Waals surface area contributed by atoms with E-state index in [-0.39, 0.29) is 23.4 Å². The maximum Gasteiger partial charge on any atom is 0.224 e. The monoisotopic (exact) mass is 470 g/mol. The molecule has 2 aliphatic rings. The highest BCUT2D eigenvalue weighted by molar-refractivity contribution is 5.78. The molecule has 0 saturated heterocycles. The summed E-state index contributed by atoms with van der Waals surface area (Å²) in [7, 11) is 0. The first-order valence-corrected chi connectivity index (χ1v) is 12.4. The Balaban J connectivity index is 1.43. The van der Waals surface area contributed by atoms with Crippen molar-refractivity contribution in [1.82, 2.24) is 0 Å². The number of hydrogen-bond donors (Lipinski definition) is 1. The molecule has 2 aliphatic carbocycles. The smallest absolute Gasteiger partial charge is 0.224 e. The van der Waals surface area contributed by atoms with Gasteiger partial charge in [0.25, 0.3) is 0 Å². The van der Waals surface area contributed by atoms with E-state index in [1.165, 1.54) is 12.5 Å². The van der Waals surface area contributed by atoms with Crippen molar-refractivity contribution in [3.63, 3.8) is 0 Å². The van der Waals surface area contributed by atoms with E-state index >= 15 is 0 Å². The van der Waals surface area contributed by atoms with Crippen molar-refractivity contribution in [2.45, 2.75) is 71.0 Å². The van der Waals surface area contributed by atoms with Crippen LogP contribution in [-0.2, 0) is 0 Å². The molecule has 1 unspecified atom stereocenters. The van der Waals surface area contributed by atoms with Gasteiger partial charge in [-0.15, -0.1) is 0 Å². The molecule has 0 bridgehead atoms. The van der Waals surface area contributed by atoms with Crippen molar-refractivity contribution in [1.29, 1.82) is 0 Å². The number of ether oxygens (including phenoxy) is 1. The standard InChI is InChI=1S/C29H33F3O2/c1-3-4-19-6-8-21(9-7-19)24-15-16-26(28(32)27(24)31)34-29(33)22-12-10-20(11-13-22)23-14-5-18(2)17-25(23)30/h10-19,21,29,33H,3-9H2,1-2H3/t18-,19?,21?,29?/m0/s1. The fourth-order valence-corrected chi connectivity index (χ4v) is 5.20. The van der Waals surface area contributed by atoms with E-state index in [0.717, 1.165) is 38.5 Å². The third-order valence-corrected chi connectivity index (χ3v) is 7.19. The van der Waals surface area contributed by atoms with Crippen LogP contribution in [0.25, 0.3) is 5.57 Å². The van der Waals surface area contributed by atoms with Gasteiger partial charge in [-0.3, -0.25) is 0 Å². The summed E-state index contributed by atoms with van der Waals surface area (Å²) in [6.45, 7) is 4.13. The van der Waals surface area contributed by atoms with Gasteiger partial charge in [-0.05, 0) is 73.1 Å². The van der Waals surface area contributed by atoms with E-state index < -0.39 is 17.9 Å². The van der Waals surface area contributed by atoms with Gasteiger partial charge in [0.15, 0.2) is 11.6 Å². The zero-order valence-corrected chi connectivity index (χ0v) is 19.9. The van der Waals surface area contributed by atoms with Gasteiger partial charge in [-0.1, -0.05) is 63.1 Å². The van der Waals surface area contributed by atoms with Crippen molar-refractivity contribution in [3.8, 4) is 5.75 Å². The lowest BCUT2D eigenvalue weighted by Crippen LogP contribution is -2.15. The van der Waals surface area contributed by atoms with E-state index in [1.807, 2.05) is 13.0 Å². The Morgan fingerprint density at radius 3 is 2.32 bits per heavy atom. The van der Waals surface area contributed by atoms with E-state index in [9.17, 15) is 18.3 Å². The fourth-order valence-electron chi connectivity index (χ4n) is 5.20. The van der Waals surface area contributed by atoms with Crippen LogP contribution < -0.4 is 4.74 Å². The summed E-state index contributed by atoms with van der Waals surface area (Å²) in [4.78, 5) is 0. The van der Waals surface area contributed by atoms with Crippen LogP contribution in [0.2, 0.25) is 0 Å². The van der Waals surface area contributed by atoms with Crippen LogP contribution in [-0.4, -0.2) is 5.11 Å². The maximum atomic E-state index is 14.9. The van der Waals surface area contributed by atoms with Crippen LogP contribution in [0.3, 0.4) is 0 Å². The summed E-state index contributed by atoms with van der Waals surface area (Å²) in [5.74, 6) is -1.69. The highest BCUT2D eigenvalue weighted by Gasteiger charge is 2.27. The van der Waals surface area contributed by atoms with Crippen LogP contribution in [0.1, 0.15) is 87.7 Å². The van der Waals surface area contributed by atoms with E-state index in [0.29, 0.717) is 28.2 Å². The second-order valence-corrected chi connectivity index (χ2v) is 9.72. The van der Waals surface area contributed by atoms with Crippen LogP contribution in [0.5, 0.6) is 5.75 Å². The molecule has 2 nitrogen and oxygen atoms in total. The van der Waals surface area contributed by atoms with Crippen LogP contribution in [0, 0.1) is 23.5 Å². The lowest BCUT2D eigenvalue weighted by Gasteiger charge is -2.29. The summed E-state index contributed by atoms with van der Waals surface area (Å²) in [6, 6.07) is 9.56. The number of aliphatic hydroxyl groups is 1. The molecule has 2 aromatic rings. The van der Waals surface area contributed by atoms with Gasteiger partial charge in [-0.2, -0.15) is 4.39 Å². The van der Waals surface area contributed by atoms with Crippen LogP contribution in [0.15, 0.2) is 54.4 Å². The van der Waals surface area contributed by atoms with E-state index in [2.05, 4.69) is 6.92 Å². The molecule has 0 radical (unpaired) electrons. The minimum absolute atomic E-state index is 0.0145. The first-order chi connectivity index (χ1) is 16.4. The molecule has 2 aromatic carbocycles. The summed E-state index contributed by atoms with van der Waals surface area (Å²) < 4.78 is 49.3. The molecular weight excluding hydrogens is 437 g/mol. The van der Waals surface area contributed by atoms with Crippen molar-refractivity contribution >= 4 is 5.57 Å². The molecule has 5 heteroatoms. The maximum absolute atomic E-state index is 14.9. The van der Waals surface area contributed by atoms with E-state index in [4.69, 9.17) is 4.74 Å². The quantitative estimate of drug-likeness (QED) is 0.412. The van der Waals surface area contributed by atoms with Crippen molar-refractivity contribution < 1.29 is 23.0 Å². The summed E-state index contributed by atoms with van der Waals surface area (Å²) in [5.41, 5.74) is 1.97. The van der Waals surface area contributed by atoms with Gasteiger partial charge in [0, 0.05) is 11.1 Å². The van der Waals surface area contributed by atoms with Gasteiger partial charge in [0.05, 0.1) is 0 Å². The second kappa shape index (κ2) is 10.8. The highest BCUT2D eigenvalue weighted by Crippen LogP contribution is 2.40. The molecule has 0 aliphatic heterocycles. The van der Waals surface area contributed by atoms with Gasteiger partial charge in [0.2, 0.25) is 12.1 Å². The van der Waals surface area contributed by atoms with Crippen molar-refractivity contribution in [2.75, 3.05) is 0 Å². The zero-order chi connectivity index (χ0) is 24.2. The third-order valence-electron chi connectivity index (χ3n) is 7.19. The van der Waals surface area contributed by atoms with Crippen LogP contribution >= 0.6 is 0 Å². The number of halogens is 3. The minimum atomic E-state index is -1.47. The minimum Gasteiger partial charge on any atom is -0.458 e. The average molecular weight is 471 g/mol. The van der Waals surface area contributed by atoms with Crippen LogP contribution in [0.4, 0.5) is 13.2 Å². The SMILES string of the molecule is CCCC1CCC(c2ccc(OC(O)c3ccc(C4=CC[C@H](C)C=C4F)cc3)c(F)c2F)CC1. The second-order valence-electron chi connectivity index (χ2n) is 9.72. The number of hydrogen-bond acceptors (Lipinski definition) is 2. The predicted octanol–water partition coefficient (Wildman–Crippen LogP) is 8.39. The Labute approximate surface area is 200 Å². The molecular formula is C29H33F3O2. The summed E-state index contributed by atoms with van der Waals surface area (Å²) in [5, 5.41) is 10.5. The molecule has 2 atom stereocenters. The topological polar surface area (TPSA) is 29.5 Å². The number of allylic oxidation sites excluding steroid dienone is 4. The van der Waals surface area contributed by atoms with Crippen molar-refractivity contribution in [3.05, 3.63) is 82.7 Å². The average Bonchev–Trinajstić information content (AvgIpc) is 2.83. The van der Waals surface area contributed by atoms with Gasteiger partial charge in [0.1, 0.15) is 5.83 Å². The first kappa shape index (κ1) is 24.6. The zero-order valence-electron chi connectivity index (χ0n) is 19.9. The Kier molecular flexibility index (Phi) is 7.82. The molecule has 1 fully saturated rings. The molecule has 1 saturated carbocycles. The highest BCUT2D eigenvalue weighted by atomic mass is 19.2. The van der Waals surface area contributed by atoms with Gasteiger partial charge in [-0.25, -0.2) is 8.78 Å². The molecule has 0 spiro atoms. The lowest BCUT2D eigenvalue weighted by molar-refractivity contribution is -0.0225. The molecule has 1 N–H and O–H groups in total. The van der Waals surface area contributed by atoms with Gasteiger partial charge < -0.3 is 9.84 Å². The molecule has 0 aromatic heterocycles. The predicted molar refractivity (Wildman–Crippen MR) is 129 cm³/mol. The molecule has 0 amide bonds. The fraction of sp³-hybridized carbons (Fsp3) is 0.448. The Bertz CT molecular complexity index is 1050. The Morgan fingerprint density at radius 2 is 1.68 bits per heavy atom.